The number of benzene rings is 1. The molecule has 1 rings (SSSR count). The van der Waals surface area contributed by atoms with Gasteiger partial charge in [-0.05, 0) is 12.1 Å². The highest BCUT2D eigenvalue weighted by Gasteiger charge is 2.12. The Bertz CT molecular complexity index is 311. The molecule has 1 N–H and O–H groups in total. The maximum Gasteiger partial charge on any atom is 0.203 e. The van der Waals surface area contributed by atoms with Crippen LogP contribution in [0.4, 0.5) is 0 Å². The van der Waals surface area contributed by atoms with E-state index < -0.39 is 6.29 Å². The van der Waals surface area contributed by atoms with Crippen molar-refractivity contribution in [3.05, 3.63) is 18.2 Å². The summed E-state index contributed by atoms with van der Waals surface area (Å²) >= 11 is 0. The minimum absolute atomic E-state index is 0.478. The fourth-order valence-electron chi connectivity index (χ4n) is 1.18. The quantitative estimate of drug-likeness (QED) is 0.756. The Balaban J connectivity index is 2.95. The van der Waals surface area contributed by atoms with E-state index in [0.717, 1.165) is 0 Å². The van der Waals surface area contributed by atoms with Gasteiger partial charge in [0.05, 0.1) is 14.2 Å². The molecule has 4 nitrogen and oxygen atoms in total. The number of hydrogen-bond donors (Lipinski definition) is 1. The molecule has 0 radical (unpaired) electrons. The summed E-state index contributed by atoms with van der Waals surface area (Å²) in [5, 5.41) is 9.38. The Kier molecular flexibility index (Phi) is 4.24. The van der Waals surface area contributed by atoms with Gasteiger partial charge in [0, 0.05) is 6.42 Å². The van der Waals surface area contributed by atoms with Gasteiger partial charge in [-0.2, -0.15) is 0 Å². The van der Waals surface area contributed by atoms with Crippen molar-refractivity contribution in [1.29, 1.82) is 0 Å². The van der Waals surface area contributed by atoms with E-state index in [9.17, 15) is 5.11 Å². The summed E-state index contributed by atoms with van der Waals surface area (Å²) in [6.45, 7) is 1.83. The summed E-state index contributed by atoms with van der Waals surface area (Å²) in [6.07, 6.45) is -0.314. The van der Waals surface area contributed by atoms with Crippen LogP contribution in [0.2, 0.25) is 0 Å². The summed E-state index contributed by atoms with van der Waals surface area (Å²) in [5.74, 6) is 1.55. The third-order valence-electron chi connectivity index (χ3n) is 1.98. The number of para-hydroxylation sites is 1. The van der Waals surface area contributed by atoms with Crippen molar-refractivity contribution in [2.75, 3.05) is 14.2 Å². The molecule has 84 valence electrons. The lowest BCUT2D eigenvalue weighted by Crippen LogP contribution is -2.14. The molecule has 1 unspecified atom stereocenters. The molecule has 15 heavy (non-hydrogen) atoms. The largest absolute Gasteiger partial charge is 0.493 e. The first-order valence-electron chi connectivity index (χ1n) is 4.78. The third kappa shape index (κ3) is 2.76. The number of methoxy groups -OCH3 is 2. The average Bonchev–Trinajstić information content (AvgIpc) is 2.28. The molecular weight excluding hydrogens is 196 g/mol. The molecular formula is C11H16O4. The first kappa shape index (κ1) is 11.7. The summed E-state index contributed by atoms with van der Waals surface area (Å²) < 4.78 is 15.5. The maximum atomic E-state index is 9.38. The van der Waals surface area contributed by atoms with Crippen LogP contribution in [0, 0.1) is 0 Å². The van der Waals surface area contributed by atoms with Crippen molar-refractivity contribution in [1.82, 2.24) is 0 Å². The minimum Gasteiger partial charge on any atom is -0.493 e. The lowest BCUT2D eigenvalue weighted by atomic mass is 10.3. The van der Waals surface area contributed by atoms with Crippen molar-refractivity contribution in [3.63, 3.8) is 0 Å². The molecule has 0 fully saturated rings. The molecule has 0 aromatic heterocycles. The van der Waals surface area contributed by atoms with E-state index >= 15 is 0 Å². The molecule has 0 aliphatic carbocycles. The smallest absolute Gasteiger partial charge is 0.203 e. The first-order valence-corrected chi connectivity index (χ1v) is 4.78. The van der Waals surface area contributed by atoms with Crippen LogP contribution in [0.1, 0.15) is 13.3 Å². The zero-order chi connectivity index (χ0) is 11.3. The molecule has 0 aliphatic heterocycles. The van der Waals surface area contributed by atoms with E-state index in [4.69, 9.17) is 14.2 Å². The van der Waals surface area contributed by atoms with Gasteiger partial charge in [-0.25, -0.2) is 0 Å². The highest BCUT2D eigenvalue weighted by molar-refractivity contribution is 5.51. The molecule has 0 spiro atoms. The number of hydrogen-bond acceptors (Lipinski definition) is 4. The van der Waals surface area contributed by atoms with Crippen LogP contribution in [-0.4, -0.2) is 25.6 Å². The van der Waals surface area contributed by atoms with Gasteiger partial charge in [0.25, 0.3) is 0 Å². The predicted molar refractivity (Wildman–Crippen MR) is 56.5 cm³/mol. The van der Waals surface area contributed by atoms with Gasteiger partial charge in [-0.1, -0.05) is 13.0 Å². The highest BCUT2D eigenvalue weighted by Crippen LogP contribution is 2.37. The van der Waals surface area contributed by atoms with Crippen molar-refractivity contribution in [2.45, 2.75) is 19.6 Å². The van der Waals surface area contributed by atoms with E-state index in [2.05, 4.69) is 0 Å². The van der Waals surface area contributed by atoms with Gasteiger partial charge in [0.15, 0.2) is 17.8 Å². The van der Waals surface area contributed by atoms with Gasteiger partial charge >= 0.3 is 0 Å². The summed E-state index contributed by atoms with van der Waals surface area (Å²) in [7, 11) is 3.08. The first-order chi connectivity index (χ1) is 7.22. The molecule has 0 heterocycles. The Labute approximate surface area is 89.4 Å². The van der Waals surface area contributed by atoms with E-state index in [0.29, 0.717) is 23.7 Å². The molecule has 0 saturated heterocycles. The maximum absolute atomic E-state index is 9.38. The molecule has 1 aromatic carbocycles. The van der Waals surface area contributed by atoms with Crippen LogP contribution in [0.5, 0.6) is 17.2 Å². The van der Waals surface area contributed by atoms with Crippen molar-refractivity contribution >= 4 is 0 Å². The van der Waals surface area contributed by atoms with Gasteiger partial charge in [-0.15, -0.1) is 0 Å². The molecule has 1 aromatic rings. The Morgan fingerprint density at radius 3 is 2.40 bits per heavy atom. The fraction of sp³-hybridized carbons (Fsp3) is 0.455. The van der Waals surface area contributed by atoms with E-state index in [-0.39, 0.29) is 0 Å². The van der Waals surface area contributed by atoms with Crippen LogP contribution >= 0.6 is 0 Å². The second-order valence-corrected chi connectivity index (χ2v) is 2.97. The van der Waals surface area contributed by atoms with Crippen LogP contribution in [-0.2, 0) is 0 Å². The topological polar surface area (TPSA) is 47.9 Å². The summed E-state index contributed by atoms with van der Waals surface area (Å²) in [4.78, 5) is 0. The van der Waals surface area contributed by atoms with Crippen molar-refractivity contribution in [3.8, 4) is 17.2 Å². The SMILES string of the molecule is CCC(O)Oc1cccc(OC)c1OC. The second-order valence-electron chi connectivity index (χ2n) is 2.97. The van der Waals surface area contributed by atoms with E-state index in [1.807, 2.05) is 6.92 Å². The van der Waals surface area contributed by atoms with Crippen LogP contribution in [0.15, 0.2) is 18.2 Å². The standard InChI is InChI=1S/C11H16O4/c1-4-10(12)15-9-7-5-6-8(13-2)11(9)14-3/h5-7,10,12H,4H2,1-3H3. The molecule has 0 amide bonds. The van der Waals surface area contributed by atoms with Crippen LogP contribution < -0.4 is 14.2 Å². The average molecular weight is 212 g/mol. The molecule has 1 atom stereocenters. The summed E-state index contributed by atoms with van der Waals surface area (Å²) in [6, 6.07) is 5.27. The van der Waals surface area contributed by atoms with E-state index in [1.54, 1.807) is 25.3 Å². The second kappa shape index (κ2) is 5.46. The van der Waals surface area contributed by atoms with Gasteiger partial charge in [-0.3, -0.25) is 0 Å². The normalized spacial score (nSPS) is 12.0. The number of ether oxygens (including phenoxy) is 3. The van der Waals surface area contributed by atoms with Gasteiger partial charge in [0.1, 0.15) is 0 Å². The van der Waals surface area contributed by atoms with Crippen LogP contribution in [0.3, 0.4) is 0 Å². The van der Waals surface area contributed by atoms with E-state index in [1.165, 1.54) is 7.11 Å². The number of aliphatic hydroxyl groups is 1. The molecule has 0 bridgehead atoms. The minimum atomic E-state index is -0.828. The molecule has 0 aliphatic rings. The zero-order valence-electron chi connectivity index (χ0n) is 9.19. The number of rotatable bonds is 5. The van der Waals surface area contributed by atoms with Crippen molar-refractivity contribution in [2.24, 2.45) is 0 Å². The predicted octanol–water partition coefficient (Wildman–Crippen LogP) is 1.81. The summed E-state index contributed by atoms with van der Waals surface area (Å²) in [5.41, 5.74) is 0. The Morgan fingerprint density at radius 2 is 1.87 bits per heavy atom. The number of aliphatic hydroxyl groups excluding tert-OH is 1. The van der Waals surface area contributed by atoms with Crippen LogP contribution in [0.25, 0.3) is 0 Å². The monoisotopic (exact) mass is 212 g/mol. The van der Waals surface area contributed by atoms with Gasteiger partial charge < -0.3 is 19.3 Å². The van der Waals surface area contributed by atoms with Crippen molar-refractivity contribution < 1.29 is 19.3 Å². The zero-order valence-corrected chi connectivity index (χ0v) is 9.19. The Morgan fingerprint density at radius 1 is 1.20 bits per heavy atom. The molecule has 0 saturated carbocycles. The molecule has 4 heteroatoms. The van der Waals surface area contributed by atoms with Gasteiger partial charge in [0.2, 0.25) is 5.75 Å². The fourth-order valence-corrected chi connectivity index (χ4v) is 1.18. The lowest BCUT2D eigenvalue weighted by molar-refractivity contribution is -0.0208. The third-order valence-corrected chi connectivity index (χ3v) is 1.98. The highest BCUT2D eigenvalue weighted by atomic mass is 16.6. The lowest BCUT2D eigenvalue weighted by Gasteiger charge is -2.16. The Hall–Kier alpha value is -1.42.